The molecule has 0 aliphatic carbocycles. The van der Waals surface area contributed by atoms with E-state index >= 15 is 0 Å². The van der Waals surface area contributed by atoms with Crippen LogP contribution in [0.4, 0.5) is 0 Å². The van der Waals surface area contributed by atoms with Crippen LogP contribution in [0.25, 0.3) is 0 Å². The molecular formula is C33H61N5O7. The van der Waals surface area contributed by atoms with Crippen molar-refractivity contribution in [2.24, 2.45) is 17.8 Å². The van der Waals surface area contributed by atoms with Crippen molar-refractivity contribution in [2.45, 2.75) is 117 Å². The lowest BCUT2D eigenvalue weighted by atomic mass is 10.1. The number of hydrogen-bond acceptors (Lipinski definition) is 7. The Morgan fingerprint density at radius 2 is 1.07 bits per heavy atom. The fourth-order valence-corrected chi connectivity index (χ4v) is 6.43. The van der Waals surface area contributed by atoms with Crippen LogP contribution in [0.5, 0.6) is 0 Å². The van der Waals surface area contributed by atoms with Gasteiger partial charge in [0.25, 0.3) is 0 Å². The molecule has 0 spiro atoms. The van der Waals surface area contributed by atoms with E-state index in [-0.39, 0.29) is 23.8 Å². The molecule has 3 amide bonds. The van der Waals surface area contributed by atoms with Gasteiger partial charge in [0.1, 0.15) is 12.1 Å². The van der Waals surface area contributed by atoms with Crippen molar-refractivity contribution in [3.63, 3.8) is 0 Å². The summed E-state index contributed by atoms with van der Waals surface area (Å²) in [7, 11) is 9.32. The average Bonchev–Trinajstić information content (AvgIpc) is 3.71. The second-order valence-electron chi connectivity index (χ2n) is 14.0. The van der Waals surface area contributed by atoms with Gasteiger partial charge in [0.05, 0.1) is 0 Å². The first-order valence-electron chi connectivity index (χ1n) is 16.4. The molecule has 2 N–H and O–H groups in total. The van der Waals surface area contributed by atoms with Crippen molar-refractivity contribution < 1.29 is 34.2 Å². The third-order valence-electron chi connectivity index (χ3n) is 9.87. The summed E-state index contributed by atoms with van der Waals surface area (Å²) in [6.45, 7) is 15.1. The molecule has 5 fully saturated rings. The highest BCUT2D eigenvalue weighted by molar-refractivity contribution is 5.87. The molecular weight excluding hydrogens is 578 g/mol. The van der Waals surface area contributed by atoms with E-state index in [1.54, 1.807) is 4.90 Å². The molecule has 0 aromatic rings. The van der Waals surface area contributed by atoms with E-state index in [4.69, 9.17) is 10.2 Å². The number of carboxylic acids is 2. The molecule has 0 saturated carbocycles. The minimum Gasteiger partial charge on any atom is -0.480 e. The van der Waals surface area contributed by atoms with Crippen LogP contribution in [-0.4, -0.2) is 143 Å². The predicted molar refractivity (Wildman–Crippen MR) is 175 cm³/mol. The molecule has 0 aromatic carbocycles. The van der Waals surface area contributed by atoms with E-state index in [2.05, 4.69) is 46.6 Å². The molecule has 5 saturated heterocycles. The lowest BCUT2D eigenvalue weighted by Gasteiger charge is -2.14. The Labute approximate surface area is 271 Å². The Morgan fingerprint density at radius 1 is 0.578 bits per heavy atom. The van der Waals surface area contributed by atoms with Crippen molar-refractivity contribution in [2.75, 3.05) is 48.3 Å². The maximum absolute atomic E-state index is 11.0. The first-order chi connectivity index (χ1) is 20.8. The molecule has 260 valence electrons. The second kappa shape index (κ2) is 18.4. The number of aliphatic carboxylic acids is 2. The van der Waals surface area contributed by atoms with Crippen LogP contribution in [0.2, 0.25) is 0 Å². The zero-order chi connectivity index (χ0) is 34.8. The molecule has 5 rings (SSSR count). The number of nitrogens with zero attached hydrogens (tertiary/aromatic N) is 5. The Hall–Kier alpha value is -2.73. The summed E-state index contributed by atoms with van der Waals surface area (Å²) in [4.78, 5) is 62.6. The number of likely N-dealkylation sites (N-methyl/N-ethyl adjacent to an activating group) is 2. The SMILES string of the molecule is CN1C(=O)CC[C@H]1C(=O)O.C[C@@H]1CCC(=O)N1C.C[C@@H]1C[C@@H](C(=O)O)N(C)C1.C[C@@H]1C[C@@H](C)N(C)C1.C[C@@H]1C[C@@H](C)N(C)C1=O. The molecule has 12 nitrogen and oxygen atoms in total. The largest absolute Gasteiger partial charge is 0.480 e. The Bertz CT molecular complexity index is 1000. The minimum absolute atomic E-state index is 0.0765. The summed E-state index contributed by atoms with van der Waals surface area (Å²) in [6, 6.07) is 0.919. The smallest absolute Gasteiger partial charge is 0.326 e. The zero-order valence-corrected chi connectivity index (χ0v) is 29.7. The lowest BCUT2D eigenvalue weighted by molar-refractivity contribution is -0.145. The summed E-state index contributed by atoms with van der Waals surface area (Å²) in [5.74, 6) is 0.624. The summed E-state index contributed by atoms with van der Waals surface area (Å²) in [6.07, 6.45) is 5.81. The van der Waals surface area contributed by atoms with Crippen molar-refractivity contribution in [3.05, 3.63) is 0 Å². The highest BCUT2D eigenvalue weighted by atomic mass is 16.4. The van der Waals surface area contributed by atoms with Crippen LogP contribution >= 0.6 is 0 Å². The molecule has 8 atom stereocenters. The number of carbonyl (C=O) groups excluding carboxylic acids is 3. The van der Waals surface area contributed by atoms with E-state index in [1.807, 2.05) is 37.9 Å². The Kier molecular flexibility index (Phi) is 16.5. The highest BCUT2D eigenvalue weighted by Gasteiger charge is 2.33. The summed E-state index contributed by atoms with van der Waals surface area (Å²) < 4.78 is 0. The molecule has 12 heteroatoms. The molecule has 0 radical (unpaired) electrons. The van der Waals surface area contributed by atoms with Gasteiger partial charge in [0.2, 0.25) is 17.7 Å². The van der Waals surface area contributed by atoms with Crippen LogP contribution in [0.3, 0.4) is 0 Å². The average molecular weight is 640 g/mol. The van der Waals surface area contributed by atoms with Gasteiger partial charge < -0.3 is 29.8 Å². The van der Waals surface area contributed by atoms with Crippen molar-refractivity contribution in [3.8, 4) is 0 Å². The predicted octanol–water partition coefficient (Wildman–Crippen LogP) is 2.95. The zero-order valence-electron chi connectivity index (χ0n) is 29.7. The summed E-state index contributed by atoms with van der Waals surface area (Å²) in [5, 5.41) is 17.2. The summed E-state index contributed by atoms with van der Waals surface area (Å²) in [5.41, 5.74) is 0. The highest BCUT2D eigenvalue weighted by Crippen LogP contribution is 2.22. The number of rotatable bonds is 2. The second-order valence-corrected chi connectivity index (χ2v) is 14.0. The molecule has 0 aromatic heterocycles. The van der Waals surface area contributed by atoms with Crippen LogP contribution in [0.1, 0.15) is 86.5 Å². The van der Waals surface area contributed by atoms with Crippen LogP contribution in [0.15, 0.2) is 0 Å². The van der Waals surface area contributed by atoms with Crippen LogP contribution < -0.4 is 0 Å². The van der Waals surface area contributed by atoms with Crippen LogP contribution in [-0.2, 0) is 24.0 Å². The molecule has 5 aliphatic rings. The minimum atomic E-state index is -0.909. The van der Waals surface area contributed by atoms with Crippen molar-refractivity contribution >= 4 is 29.7 Å². The fourth-order valence-electron chi connectivity index (χ4n) is 6.43. The van der Waals surface area contributed by atoms with Gasteiger partial charge in [-0.25, -0.2) is 4.79 Å². The van der Waals surface area contributed by atoms with E-state index in [0.29, 0.717) is 36.8 Å². The Morgan fingerprint density at radius 3 is 1.22 bits per heavy atom. The molecule has 0 unspecified atom stereocenters. The van der Waals surface area contributed by atoms with Gasteiger partial charge in [-0.3, -0.25) is 24.1 Å². The van der Waals surface area contributed by atoms with Gasteiger partial charge >= 0.3 is 11.9 Å². The van der Waals surface area contributed by atoms with E-state index in [9.17, 15) is 24.0 Å². The standard InChI is InChI=1S/C7H13NO2.C7H13NO.C7H15N.C6H9NO3.C6H11NO/c1-5-3-6(7(9)10)8(2)4-5;1-5-4-6(2)8(3)7(5)9;1-6-4-7(2)8(3)5-6;1-7-4(6(9)10)2-3-5(7)8;1-5-3-4-6(8)7(5)2/h5-6H,3-4H2,1-2H3,(H,9,10);5-6H,4H2,1-3H3;6-7H,4-5H2,1-3H3;4H,2-3H2,1H3,(H,9,10);5H,3-4H2,1-2H3/t5-,6+;5-,6-;6-,7-;4-;5-/m11101/s1. The maximum Gasteiger partial charge on any atom is 0.326 e. The van der Waals surface area contributed by atoms with E-state index in [0.717, 1.165) is 44.2 Å². The van der Waals surface area contributed by atoms with Gasteiger partial charge in [0, 0.05) is 71.1 Å². The summed E-state index contributed by atoms with van der Waals surface area (Å²) >= 11 is 0. The number of hydrogen-bond donors (Lipinski definition) is 2. The third kappa shape index (κ3) is 12.5. The van der Waals surface area contributed by atoms with Crippen molar-refractivity contribution in [1.82, 2.24) is 24.5 Å². The number of carboxylic acid groups (broad SMARTS) is 2. The first kappa shape index (κ1) is 40.3. The third-order valence-corrected chi connectivity index (χ3v) is 9.87. The Balaban J connectivity index is 0.000000282. The quantitative estimate of drug-likeness (QED) is 0.466. The van der Waals surface area contributed by atoms with Gasteiger partial charge in [-0.2, -0.15) is 0 Å². The number of likely N-dealkylation sites (tertiary alicyclic amines) is 5. The van der Waals surface area contributed by atoms with Gasteiger partial charge in [-0.15, -0.1) is 0 Å². The number of amides is 3. The fraction of sp³-hybridized carbons (Fsp3) is 0.848. The maximum atomic E-state index is 11.0. The molecule has 5 heterocycles. The normalized spacial score (nSPS) is 33.0. The van der Waals surface area contributed by atoms with Crippen LogP contribution in [0, 0.1) is 17.8 Å². The van der Waals surface area contributed by atoms with Gasteiger partial charge in [-0.1, -0.05) is 20.8 Å². The number of carbonyl (C=O) groups is 5. The topological polar surface area (TPSA) is 142 Å². The van der Waals surface area contributed by atoms with Gasteiger partial charge in [0.15, 0.2) is 0 Å². The lowest BCUT2D eigenvalue weighted by Crippen LogP contribution is -2.34. The van der Waals surface area contributed by atoms with E-state index < -0.39 is 18.0 Å². The molecule has 45 heavy (non-hydrogen) atoms. The van der Waals surface area contributed by atoms with E-state index in [1.165, 1.54) is 24.9 Å². The molecule has 5 aliphatic heterocycles. The monoisotopic (exact) mass is 639 g/mol. The first-order valence-corrected chi connectivity index (χ1v) is 16.4. The van der Waals surface area contributed by atoms with Crippen molar-refractivity contribution in [1.29, 1.82) is 0 Å². The van der Waals surface area contributed by atoms with Gasteiger partial charge in [-0.05, 0) is 78.8 Å². The molecule has 0 bridgehead atoms.